The lowest BCUT2D eigenvalue weighted by molar-refractivity contribution is 0.0779. The number of nitrogens with one attached hydrogen (secondary N) is 1. The van der Waals surface area contributed by atoms with Gasteiger partial charge in [0, 0.05) is 24.0 Å². The fraction of sp³-hybridized carbons (Fsp3) is 0.111. The van der Waals surface area contributed by atoms with Gasteiger partial charge in [-0.2, -0.15) is 0 Å². The molecular formula is C18H15ClN2O2. The molecule has 0 spiro atoms. The highest BCUT2D eigenvalue weighted by Crippen LogP contribution is 2.14. The van der Waals surface area contributed by atoms with Crippen molar-refractivity contribution in [3.8, 4) is 0 Å². The summed E-state index contributed by atoms with van der Waals surface area (Å²) in [7, 11) is 1.70. The van der Waals surface area contributed by atoms with E-state index in [0.717, 1.165) is 10.9 Å². The number of rotatable bonds is 3. The van der Waals surface area contributed by atoms with E-state index < -0.39 is 0 Å². The summed E-state index contributed by atoms with van der Waals surface area (Å²) in [6.45, 7) is 0.435. The number of amides is 1. The first-order chi connectivity index (χ1) is 11.0. The van der Waals surface area contributed by atoms with E-state index in [9.17, 15) is 9.59 Å². The summed E-state index contributed by atoms with van der Waals surface area (Å²) < 4.78 is 0. The fourth-order valence-corrected chi connectivity index (χ4v) is 2.59. The van der Waals surface area contributed by atoms with E-state index in [4.69, 9.17) is 11.6 Å². The minimum Gasteiger partial charge on any atom is -0.336 e. The second-order valence-electron chi connectivity index (χ2n) is 5.39. The molecule has 0 aliphatic heterocycles. The first-order valence-corrected chi connectivity index (χ1v) is 7.54. The van der Waals surface area contributed by atoms with E-state index in [1.807, 2.05) is 24.3 Å². The highest BCUT2D eigenvalue weighted by molar-refractivity contribution is 6.30. The molecule has 1 aromatic heterocycles. The summed E-state index contributed by atoms with van der Waals surface area (Å²) in [4.78, 5) is 28.8. The van der Waals surface area contributed by atoms with Crippen LogP contribution in [-0.4, -0.2) is 22.8 Å². The van der Waals surface area contributed by atoms with Crippen LogP contribution in [0.4, 0.5) is 0 Å². The molecule has 0 aliphatic carbocycles. The predicted molar refractivity (Wildman–Crippen MR) is 91.8 cm³/mol. The van der Waals surface area contributed by atoms with Crippen LogP contribution in [-0.2, 0) is 6.54 Å². The molecule has 3 aromatic rings. The molecule has 0 bridgehead atoms. The van der Waals surface area contributed by atoms with Gasteiger partial charge in [0.2, 0.25) is 0 Å². The molecule has 23 heavy (non-hydrogen) atoms. The van der Waals surface area contributed by atoms with Gasteiger partial charge in [0.15, 0.2) is 0 Å². The van der Waals surface area contributed by atoms with Crippen molar-refractivity contribution in [2.24, 2.45) is 0 Å². The lowest BCUT2D eigenvalue weighted by atomic mass is 10.1. The van der Waals surface area contributed by atoms with E-state index in [2.05, 4.69) is 4.98 Å². The number of hydrogen-bond acceptors (Lipinski definition) is 2. The third-order valence-corrected chi connectivity index (χ3v) is 3.92. The summed E-state index contributed by atoms with van der Waals surface area (Å²) in [6, 6.07) is 16.2. The van der Waals surface area contributed by atoms with Gasteiger partial charge in [-0.25, -0.2) is 0 Å². The number of carbonyl (C=O) groups is 1. The quantitative estimate of drug-likeness (QED) is 0.801. The van der Waals surface area contributed by atoms with E-state index in [-0.39, 0.29) is 17.2 Å². The Kier molecular flexibility index (Phi) is 4.17. The lowest BCUT2D eigenvalue weighted by Crippen LogP contribution is -2.28. The molecule has 0 radical (unpaired) electrons. The maximum atomic E-state index is 12.5. The van der Waals surface area contributed by atoms with Crippen LogP contribution < -0.4 is 5.56 Å². The highest BCUT2D eigenvalue weighted by Gasteiger charge is 2.14. The van der Waals surface area contributed by atoms with Gasteiger partial charge in [0.1, 0.15) is 5.69 Å². The monoisotopic (exact) mass is 326 g/mol. The summed E-state index contributed by atoms with van der Waals surface area (Å²) in [5.74, 6) is -0.234. The van der Waals surface area contributed by atoms with Crippen LogP contribution in [0.5, 0.6) is 0 Å². The van der Waals surface area contributed by atoms with Crippen LogP contribution in [0.2, 0.25) is 5.02 Å². The smallest absolute Gasteiger partial charge is 0.270 e. The van der Waals surface area contributed by atoms with Gasteiger partial charge in [-0.05, 0) is 35.2 Å². The van der Waals surface area contributed by atoms with Crippen LogP contribution >= 0.6 is 11.6 Å². The first-order valence-electron chi connectivity index (χ1n) is 7.16. The van der Waals surface area contributed by atoms with Crippen molar-refractivity contribution in [3.63, 3.8) is 0 Å². The van der Waals surface area contributed by atoms with Crippen LogP contribution in [0, 0.1) is 0 Å². The first kappa shape index (κ1) is 15.3. The molecule has 1 heterocycles. The highest BCUT2D eigenvalue weighted by atomic mass is 35.5. The number of aromatic nitrogens is 1. The van der Waals surface area contributed by atoms with Crippen molar-refractivity contribution < 1.29 is 4.79 Å². The van der Waals surface area contributed by atoms with E-state index in [0.29, 0.717) is 17.0 Å². The molecule has 1 amide bonds. The molecule has 2 aromatic carbocycles. The average molecular weight is 327 g/mol. The van der Waals surface area contributed by atoms with Gasteiger partial charge >= 0.3 is 0 Å². The Morgan fingerprint density at radius 2 is 1.83 bits per heavy atom. The molecule has 116 valence electrons. The molecule has 0 saturated carbocycles. The number of aromatic amines is 1. The van der Waals surface area contributed by atoms with Gasteiger partial charge in [-0.3, -0.25) is 9.59 Å². The molecule has 0 fully saturated rings. The summed E-state index contributed by atoms with van der Waals surface area (Å²) in [5, 5.41) is 1.98. The summed E-state index contributed by atoms with van der Waals surface area (Å²) in [5.41, 5.74) is 0.991. The zero-order chi connectivity index (χ0) is 16.4. The Balaban J connectivity index is 1.87. The second-order valence-corrected chi connectivity index (χ2v) is 5.82. The molecule has 0 aliphatic rings. The Morgan fingerprint density at radius 1 is 1.13 bits per heavy atom. The number of fused-ring (bicyclic) bond motifs is 1. The van der Waals surface area contributed by atoms with Crippen molar-refractivity contribution in [2.75, 3.05) is 7.05 Å². The second kappa shape index (κ2) is 6.26. The van der Waals surface area contributed by atoms with Gasteiger partial charge in [-0.1, -0.05) is 41.9 Å². The normalized spacial score (nSPS) is 10.7. The molecule has 4 nitrogen and oxygen atoms in total. The van der Waals surface area contributed by atoms with E-state index in [1.54, 1.807) is 42.3 Å². The molecular weight excluding hydrogens is 312 g/mol. The molecule has 3 rings (SSSR count). The molecule has 0 saturated heterocycles. The summed E-state index contributed by atoms with van der Waals surface area (Å²) >= 11 is 5.86. The summed E-state index contributed by atoms with van der Waals surface area (Å²) in [6.07, 6.45) is 0. The maximum Gasteiger partial charge on any atom is 0.270 e. The third kappa shape index (κ3) is 3.27. The van der Waals surface area contributed by atoms with Crippen molar-refractivity contribution in [1.29, 1.82) is 0 Å². The Hall–Kier alpha value is -2.59. The number of nitrogens with zero attached hydrogens (tertiary/aromatic N) is 1. The number of benzene rings is 2. The van der Waals surface area contributed by atoms with Gasteiger partial charge in [0.05, 0.1) is 0 Å². The largest absolute Gasteiger partial charge is 0.336 e. The van der Waals surface area contributed by atoms with Crippen LogP contribution in [0.15, 0.2) is 59.4 Å². The van der Waals surface area contributed by atoms with Gasteiger partial charge in [-0.15, -0.1) is 0 Å². The van der Waals surface area contributed by atoms with Crippen molar-refractivity contribution in [2.45, 2.75) is 6.54 Å². The molecule has 1 N–H and O–H groups in total. The number of hydrogen-bond donors (Lipinski definition) is 1. The predicted octanol–water partition coefficient (Wildman–Crippen LogP) is 3.45. The van der Waals surface area contributed by atoms with Gasteiger partial charge in [0.25, 0.3) is 11.5 Å². The average Bonchev–Trinajstić information content (AvgIpc) is 2.56. The Bertz CT molecular complexity index is 916. The molecule has 0 atom stereocenters. The van der Waals surface area contributed by atoms with E-state index in [1.165, 1.54) is 0 Å². The van der Waals surface area contributed by atoms with Crippen molar-refractivity contribution in [1.82, 2.24) is 9.88 Å². The minimum absolute atomic E-state index is 0.234. The molecule has 0 unspecified atom stereocenters. The zero-order valence-corrected chi connectivity index (χ0v) is 13.3. The number of H-pyrrole nitrogens is 1. The van der Waals surface area contributed by atoms with Crippen LogP contribution in [0.25, 0.3) is 10.8 Å². The third-order valence-electron chi connectivity index (χ3n) is 3.66. The van der Waals surface area contributed by atoms with Gasteiger partial charge < -0.3 is 9.88 Å². The van der Waals surface area contributed by atoms with E-state index >= 15 is 0 Å². The Morgan fingerprint density at radius 3 is 2.57 bits per heavy atom. The van der Waals surface area contributed by atoms with Crippen molar-refractivity contribution in [3.05, 3.63) is 81.2 Å². The standard InChI is InChI=1S/C18H15ClN2O2/c1-21(11-12-6-8-14(19)9-7-12)18(23)16-10-13-4-2-3-5-15(13)17(22)20-16/h2-10H,11H2,1H3,(H,20,22). The number of carbonyl (C=O) groups excluding carboxylic acids is 1. The number of halogens is 1. The Labute approximate surface area is 138 Å². The van der Waals surface area contributed by atoms with Crippen LogP contribution in [0.1, 0.15) is 16.1 Å². The van der Waals surface area contributed by atoms with Crippen LogP contribution in [0.3, 0.4) is 0 Å². The fourth-order valence-electron chi connectivity index (χ4n) is 2.47. The molecule has 5 heteroatoms. The van der Waals surface area contributed by atoms with Crippen molar-refractivity contribution >= 4 is 28.3 Å². The lowest BCUT2D eigenvalue weighted by Gasteiger charge is -2.17. The number of pyridine rings is 1. The topological polar surface area (TPSA) is 53.2 Å². The minimum atomic E-state index is -0.258. The maximum absolute atomic E-state index is 12.5. The zero-order valence-electron chi connectivity index (χ0n) is 12.5. The SMILES string of the molecule is CN(Cc1ccc(Cl)cc1)C(=O)c1cc2ccccc2c(=O)[nH]1.